The number of fused-ring (bicyclic) bond motifs is 1. The number of hydrogen-bond donors (Lipinski definition) is 1. The lowest BCUT2D eigenvalue weighted by Gasteiger charge is -2.05. The Hall–Kier alpha value is -2.18. The maximum absolute atomic E-state index is 11.9. The summed E-state index contributed by atoms with van der Waals surface area (Å²) in [5, 5.41) is 0. The van der Waals surface area contributed by atoms with Gasteiger partial charge < -0.3 is 4.57 Å². The molecule has 108 valence electrons. The summed E-state index contributed by atoms with van der Waals surface area (Å²) in [5.41, 5.74) is -0.527. The summed E-state index contributed by atoms with van der Waals surface area (Å²) in [4.78, 5) is 41.7. The third kappa shape index (κ3) is 2.71. The predicted octanol–water partition coefficient (Wildman–Crippen LogP) is 0.573. The highest BCUT2D eigenvalue weighted by Crippen LogP contribution is 2.06. The van der Waals surface area contributed by atoms with E-state index in [1.807, 2.05) is 0 Å². The Morgan fingerprint density at radius 3 is 2.80 bits per heavy atom. The van der Waals surface area contributed by atoms with Crippen LogP contribution in [0.2, 0.25) is 0 Å². The molecule has 0 atom stereocenters. The summed E-state index contributed by atoms with van der Waals surface area (Å²) >= 11 is 0. The Morgan fingerprint density at radius 2 is 2.10 bits per heavy atom. The maximum Gasteiger partial charge on any atom is 0.330 e. The molecule has 2 heterocycles. The zero-order valence-electron chi connectivity index (χ0n) is 11.7. The smallest absolute Gasteiger partial charge is 0.328 e. The SMILES string of the molecule is CCCCCC(=O)Cn1c(=O)[nH]c(=O)c2c1ncn2C. The number of Topliss-reactive ketones (excluding diaryl/α,β-unsaturated/α-hetero) is 1. The van der Waals surface area contributed by atoms with Crippen LogP contribution in [-0.4, -0.2) is 24.9 Å². The first-order chi connectivity index (χ1) is 9.54. The van der Waals surface area contributed by atoms with Crippen molar-refractivity contribution in [3.05, 3.63) is 27.2 Å². The molecule has 2 aromatic heterocycles. The normalized spacial score (nSPS) is 11.1. The van der Waals surface area contributed by atoms with Gasteiger partial charge in [0, 0.05) is 13.5 Å². The van der Waals surface area contributed by atoms with E-state index in [-0.39, 0.29) is 18.0 Å². The molecule has 2 aromatic rings. The van der Waals surface area contributed by atoms with E-state index in [1.165, 1.54) is 15.5 Å². The lowest BCUT2D eigenvalue weighted by atomic mass is 10.1. The predicted molar refractivity (Wildman–Crippen MR) is 74.7 cm³/mol. The van der Waals surface area contributed by atoms with Crippen LogP contribution in [0.15, 0.2) is 15.9 Å². The number of aromatic amines is 1. The van der Waals surface area contributed by atoms with Crippen LogP contribution >= 0.6 is 0 Å². The Bertz CT molecular complexity index is 738. The molecule has 20 heavy (non-hydrogen) atoms. The molecule has 0 aliphatic carbocycles. The van der Waals surface area contributed by atoms with Crippen molar-refractivity contribution in [1.29, 1.82) is 0 Å². The minimum atomic E-state index is -0.593. The molecule has 0 aliphatic rings. The van der Waals surface area contributed by atoms with Gasteiger partial charge in [-0.2, -0.15) is 0 Å². The second-order valence-electron chi connectivity index (χ2n) is 4.87. The number of carbonyl (C=O) groups is 1. The molecule has 0 spiro atoms. The zero-order chi connectivity index (χ0) is 14.7. The van der Waals surface area contributed by atoms with E-state index in [0.29, 0.717) is 11.9 Å². The van der Waals surface area contributed by atoms with Gasteiger partial charge in [0.05, 0.1) is 12.9 Å². The Kier molecular flexibility index (Phi) is 4.16. The number of nitrogens with one attached hydrogen (secondary N) is 1. The Morgan fingerprint density at radius 1 is 1.35 bits per heavy atom. The summed E-state index contributed by atoms with van der Waals surface area (Å²) in [6, 6.07) is 0. The van der Waals surface area contributed by atoms with Gasteiger partial charge in [-0.15, -0.1) is 0 Å². The van der Waals surface area contributed by atoms with Crippen molar-refractivity contribution in [2.24, 2.45) is 7.05 Å². The van der Waals surface area contributed by atoms with Crippen molar-refractivity contribution >= 4 is 16.9 Å². The topological polar surface area (TPSA) is 89.8 Å². The van der Waals surface area contributed by atoms with Gasteiger partial charge >= 0.3 is 5.69 Å². The molecule has 7 nitrogen and oxygen atoms in total. The molecule has 0 unspecified atom stereocenters. The molecule has 0 radical (unpaired) electrons. The monoisotopic (exact) mass is 278 g/mol. The summed E-state index contributed by atoms with van der Waals surface area (Å²) in [7, 11) is 1.67. The lowest BCUT2D eigenvalue weighted by Crippen LogP contribution is -2.32. The van der Waals surface area contributed by atoms with Crippen LogP contribution in [-0.2, 0) is 18.4 Å². The van der Waals surface area contributed by atoms with E-state index in [0.717, 1.165) is 19.3 Å². The van der Waals surface area contributed by atoms with Crippen LogP contribution in [0, 0.1) is 0 Å². The molecule has 1 N–H and O–H groups in total. The highest BCUT2D eigenvalue weighted by Gasteiger charge is 2.14. The van der Waals surface area contributed by atoms with Crippen molar-refractivity contribution in [2.45, 2.75) is 39.2 Å². The van der Waals surface area contributed by atoms with E-state index in [4.69, 9.17) is 0 Å². The minimum Gasteiger partial charge on any atom is -0.328 e. The standard InChI is InChI=1S/C13H18N4O3/c1-3-4-5-6-9(18)7-17-11-10(16(2)8-14-11)12(19)15-13(17)20/h8H,3-7H2,1-2H3,(H,15,19,20). The van der Waals surface area contributed by atoms with Gasteiger partial charge in [0.2, 0.25) is 0 Å². The summed E-state index contributed by atoms with van der Waals surface area (Å²) in [5.74, 6) is -0.0282. The van der Waals surface area contributed by atoms with E-state index < -0.39 is 11.2 Å². The van der Waals surface area contributed by atoms with E-state index in [1.54, 1.807) is 7.05 Å². The number of rotatable bonds is 6. The molecular weight excluding hydrogens is 260 g/mol. The number of ketones is 1. The van der Waals surface area contributed by atoms with Gasteiger partial charge in [-0.25, -0.2) is 9.78 Å². The number of H-pyrrole nitrogens is 1. The molecule has 0 saturated carbocycles. The fourth-order valence-electron chi connectivity index (χ4n) is 2.17. The van der Waals surface area contributed by atoms with Gasteiger partial charge in [0.1, 0.15) is 0 Å². The van der Waals surface area contributed by atoms with Crippen LogP contribution in [0.3, 0.4) is 0 Å². The largest absolute Gasteiger partial charge is 0.330 e. The molecule has 0 aromatic carbocycles. The first kappa shape index (κ1) is 14.2. The van der Waals surface area contributed by atoms with Crippen LogP contribution in [0.25, 0.3) is 11.2 Å². The average molecular weight is 278 g/mol. The summed E-state index contributed by atoms with van der Waals surface area (Å²) < 4.78 is 2.76. The molecule has 0 aliphatic heterocycles. The van der Waals surface area contributed by atoms with E-state index in [9.17, 15) is 14.4 Å². The molecule has 7 heteroatoms. The summed E-state index contributed by atoms with van der Waals surface area (Å²) in [6.07, 6.45) is 4.74. The number of unbranched alkanes of at least 4 members (excludes halogenated alkanes) is 2. The van der Waals surface area contributed by atoms with Gasteiger partial charge in [-0.1, -0.05) is 19.8 Å². The highest BCUT2D eigenvalue weighted by molar-refractivity contribution is 5.80. The number of hydrogen-bond acceptors (Lipinski definition) is 4. The maximum atomic E-state index is 11.9. The number of imidazole rings is 1. The lowest BCUT2D eigenvalue weighted by molar-refractivity contribution is -0.119. The minimum absolute atomic E-state index is 0.0282. The number of carbonyl (C=O) groups excluding carboxylic acids is 1. The van der Waals surface area contributed by atoms with E-state index in [2.05, 4.69) is 16.9 Å². The number of nitrogens with zero attached hydrogens (tertiary/aromatic N) is 3. The highest BCUT2D eigenvalue weighted by atomic mass is 16.2. The molecule has 0 saturated heterocycles. The van der Waals surface area contributed by atoms with Gasteiger partial charge in [0.15, 0.2) is 16.9 Å². The molecule has 2 rings (SSSR count). The molecule has 0 amide bonds. The van der Waals surface area contributed by atoms with Crippen LogP contribution in [0.1, 0.15) is 32.6 Å². The molecule has 0 bridgehead atoms. The van der Waals surface area contributed by atoms with Crippen molar-refractivity contribution in [2.75, 3.05) is 0 Å². The quantitative estimate of drug-likeness (QED) is 0.782. The fraction of sp³-hybridized carbons (Fsp3) is 0.538. The van der Waals surface area contributed by atoms with Crippen molar-refractivity contribution in [1.82, 2.24) is 19.1 Å². The zero-order valence-corrected chi connectivity index (χ0v) is 11.7. The molecule has 0 fully saturated rings. The number of aryl methyl sites for hydroxylation is 1. The number of aromatic nitrogens is 4. The van der Waals surface area contributed by atoms with Crippen molar-refractivity contribution in [3.63, 3.8) is 0 Å². The Balaban J connectivity index is 2.33. The van der Waals surface area contributed by atoms with E-state index >= 15 is 0 Å². The van der Waals surface area contributed by atoms with Crippen molar-refractivity contribution < 1.29 is 4.79 Å². The first-order valence-electron chi connectivity index (χ1n) is 6.70. The van der Waals surface area contributed by atoms with Crippen LogP contribution in [0.4, 0.5) is 0 Å². The van der Waals surface area contributed by atoms with Gasteiger partial charge in [0.25, 0.3) is 5.56 Å². The first-order valence-corrected chi connectivity index (χ1v) is 6.70. The second-order valence-corrected chi connectivity index (χ2v) is 4.87. The third-order valence-electron chi connectivity index (χ3n) is 3.25. The van der Waals surface area contributed by atoms with Crippen LogP contribution in [0.5, 0.6) is 0 Å². The third-order valence-corrected chi connectivity index (χ3v) is 3.25. The summed E-state index contributed by atoms with van der Waals surface area (Å²) in [6.45, 7) is 2.02. The molecular formula is C13H18N4O3. The second kappa shape index (κ2) is 5.85. The van der Waals surface area contributed by atoms with Crippen molar-refractivity contribution in [3.8, 4) is 0 Å². The van der Waals surface area contributed by atoms with Gasteiger partial charge in [-0.05, 0) is 6.42 Å². The fourth-order valence-corrected chi connectivity index (χ4v) is 2.17. The van der Waals surface area contributed by atoms with Gasteiger partial charge in [-0.3, -0.25) is 19.1 Å². The average Bonchev–Trinajstić information content (AvgIpc) is 2.77. The van der Waals surface area contributed by atoms with Crippen LogP contribution < -0.4 is 11.2 Å². The Labute approximate surface area is 115 Å².